The second-order valence-corrected chi connectivity index (χ2v) is 3.03. The van der Waals surface area contributed by atoms with Crippen molar-refractivity contribution < 1.29 is 4.79 Å². The van der Waals surface area contributed by atoms with Crippen molar-refractivity contribution in [3.8, 4) is 0 Å². The second-order valence-electron chi connectivity index (χ2n) is 2.47. The molecule has 1 aliphatic rings. The molecule has 0 radical (unpaired) electrons. The molecule has 0 aromatic rings. The van der Waals surface area contributed by atoms with Gasteiger partial charge in [0.15, 0.2) is 0 Å². The van der Waals surface area contributed by atoms with Gasteiger partial charge in [-0.25, -0.2) is 6.57 Å². The van der Waals surface area contributed by atoms with Crippen LogP contribution in [0.5, 0.6) is 0 Å². The van der Waals surface area contributed by atoms with E-state index in [1.54, 1.807) is 4.90 Å². The van der Waals surface area contributed by atoms with Crippen molar-refractivity contribution in [1.29, 1.82) is 0 Å². The van der Waals surface area contributed by atoms with Crippen molar-refractivity contribution in [1.82, 2.24) is 4.90 Å². The summed E-state index contributed by atoms with van der Waals surface area (Å²) in [6.07, 6.45) is 1.61. The van der Waals surface area contributed by atoms with Crippen LogP contribution in [-0.4, -0.2) is 28.8 Å². The van der Waals surface area contributed by atoms with Gasteiger partial charge >= 0.3 is 6.17 Å². The van der Waals surface area contributed by atoms with Crippen molar-refractivity contribution in [3.05, 3.63) is 11.4 Å². The molecule has 0 aromatic carbocycles. The van der Waals surface area contributed by atoms with Crippen LogP contribution in [0.15, 0.2) is 0 Å². The van der Waals surface area contributed by atoms with Crippen LogP contribution in [0.2, 0.25) is 0 Å². The molecule has 3 nitrogen and oxygen atoms in total. The van der Waals surface area contributed by atoms with Gasteiger partial charge in [0.2, 0.25) is 5.91 Å². The summed E-state index contributed by atoms with van der Waals surface area (Å²) in [4.78, 5) is 16.1. The molecule has 1 amide bonds. The number of halogens is 1. The fourth-order valence-corrected chi connectivity index (χ4v) is 1.57. The molecule has 0 spiro atoms. The maximum atomic E-state index is 11.1. The Morgan fingerprint density at radius 3 is 3.09 bits per heavy atom. The van der Waals surface area contributed by atoms with E-state index in [1.165, 1.54) is 0 Å². The lowest BCUT2D eigenvalue weighted by atomic mass is 10.3. The third kappa shape index (κ3) is 1.72. The highest BCUT2D eigenvalue weighted by molar-refractivity contribution is 9.09. The lowest BCUT2D eigenvalue weighted by Gasteiger charge is -2.13. The molecule has 1 atom stereocenters. The lowest BCUT2D eigenvalue weighted by Crippen LogP contribution is -2.34. The van der Waals surface area contributed by atoms with Crippen LogP contribution in [0, 0.1) is 6.57 Å². The van der Waals surface area contributed by atoms with Gasteiger partial charge in [0.05, 0.1) is 5.33 Å². The van der Waals surface area contributed by atoms with Gasteiger partial charge in [0.25, 0.3) is 0 Å². The van der Waals surface area contributed by atoms with Crippen LogP contribution in [-0.2, 0) is 4.79 Å². The van der Waals surface area contributed by atoms with E-state index >= 15 is 0 Å². The lowest BCUT2D eigenvalue weighted by molar-refractivity contribution is -0.128. The summed E-state index contributed by atoms with van der Waals surface area (Å²) in [6.45, 7) is 7.56. The molecule has 0 N–H and O–H groups in total. The van der Waals surface area contributed by atoms with E-state index in [0.29, 0.717) is 5.33 Å². The molecule has 60 valence electrons. The van der Waals surface area contributed by atoms with Crippen molar-refractivity contribution in [2.24, 2.45) is 0 Å². The third-order valence-electron chi connectivity index (χ3n) is 1.80. The zero-order valence-electron chi connectivity index (χ0n) is 6.09. The van der Waals surface area contributed by atoms with E-state index in [0.717, 1.165) is 19.4 Å². The molecule has 1 fully saturated rings. The maximum Gasteiger partial charge on any atom is 0.300 e. The Morgan fingerprint density at radius 2 is 2.55 bits per heavy atom. The van der Waals surface area contributed by atoms with Gasteiger partial charge in [-0.15, -0.1) is 0 Å². The minimum absolute atomic E-state index is 0.0310. The first-order chi connectivity index (χ1) is 5.29. The summed E-state index contributed by atoms with van der Waals surface area (Å²) >= 11 is 3.09. The first kappa shape index (κ1) is 8.54. The predicted molar refractivity (Wildman–Crippen MR) is 45.1 cm³/mol. The number of alkyl halides is 1. The second kappa shape index (κ2) is 3.72. The van der Waals surface area contributed by atoms with Crippen LogP contribution in [0.1, 0.15) is 12.8 Å². The molecule has 1 saturated heterocycles. The normalized spacial score (nSPS) is 23.3. The van der Waals surface area contributed by atoms with Crippen molar-refractivity contribution in [3.63, 3.8) is 0 Å². The van der Waals surface area contributed by atoms with Gasteiger partial charge in [-0.2, -0.15) is 0 Å². The zero-order valence-corrected chi connectivity index (χ0v) is 7.67. The highest BCUT2D eigenvalue weighted by Crippen LogP contribution is 2.18. The fourth-order valence-electron chi connectivity index (χ4n) is 1.25. The Labute approximate surface area is 74.3 Å². The van der Waals surface area contributed by atoms with E-state index < -0.39 is 0 Å². The first-order valence-corrected chi connectivity index (χ1v) is 4.63. The highest BCUT2D eigenvalue weighted by Gasteiger charge is 2.31. The highest BCUT2D eigenvalue weighted by atomic mass is 79.9. The van der Waals surface area contributed by atoms with E-state index in [4.69, 9.17) is 6.57 Å². The monoisotopic (exact) mass is 216 g/mol. The molecule has 0 bridgehead atoms. The number of carbonyl (C=O) groups is 1. The molecular weight excluding hydrogens is 208 g/mol. The van der Waals surface area contributed by atoms with Crippen LogP contribution in [0.25, 0.3) is 4.85 Å². The van der Waals surface area contributed by atoms with E-state index in [9.17, 15) is 4.79 Å². The largest absolute Gasteiger partial charge is 0.300 e. The van der Waals surface area contributed by atoms with E-state index in [2.05, 4.69) is 20.8 Å². The number of nitrogens with zero attached hydrogens (tertiary/aromatic N) is 2. The minimum atomic E-state index is -0.194. The Morgan fingerprint density at radius 1 is 1.82 bits per heavy atom. The van der Waals surface area contributed by atoms with Crippen LogP contribution >= 0.6 is 15.9 Å². The summed E-state index contributed by atoms with van der Waals surface area (Å²) in [5.41, 5.74) is 0. The summed E-state index contributed by atoms with van der Waals surface area (Å²) < 4.78 is 0. The number of hydrogen-bond donors (Lipinski definition) is 0. The SMILES string of the molecule is [C-]#[N+][C@@H]1CCCN1C(=O)CBr. The quantitative estimate of drug-likeness (QED) is 0.479. The molecule has 0 saturated carbocycles. The molecule has 0 aliphatic carbocycles. The maximum absolute atomic E-state index is 11.1. The first-order valence-electron chi connectivity index (χ1n) is 3.51. The number of hydrogen-bond acceptors (Lipinski definition) is 1. The Balaban J connectivity index is 2.58. The van der Waals surface area contributed by atoms with Gasteiger partial charge in [-0.05, 0) is 6.42 Å². The predicted octanol–water partition coefficient (Wildman–Crippen LogP) is 1.25. The number of likely N-dealkylation sites (tertiary alicyclic amines) is 1. The van der Waals surface area contributed by atoms with Gasteiger partial charge in [0, 0.05) is 13.0 Å². The number of amides is 1. The minimum Gasteiger partial charge on any atom is -0.290 e. The summed E-state index contributed by atoms with van der Waals surface area (Å²) in [6, 6.07) is 0. The Kier molecular flexibility index (Phi) is 2.89. The standard InChI is InChI=1S/C7H9BrN2O/c1-9-6-3-2-4-10(6)7(11)5-8/h6H,2-5H2/t6-/m0/s1. The van der Waals surface area contributed by atoms with E-state index in [-0.39, 0.29) is 12.1 Å². The average Bonchev–Trinajstić information content (AvgIpc) is 2.50. The van der Waals surface area contributed by atoms with Gasteiger partial charge < -0.3 is 0 Å². The molecule has 1 aliphatic heterocycles. The Bertz CT molecular complexity index is 199. The summed E-state index contributed by atoms with van der Waals surface area (Å²) in [5, 5.41) is 0.332. The Hall–Kier alpha value is -0.560. The molecule has 4 heteroatoms. The average molecular weight is 217 g/mol. The molecule has 1 rings (SSSR count). The summed E-state index contributed by atoms with van der Waals surface area (Å²) in [5.74, 6) is 0.0310. The molecule has 1 heterocycles. The number of rotatable bonds is 1. The zero-order chi connectivity index (χ0) is 8.27. The van der Waals surface area contributed by atoms with E-state index in [1.807, 2.05) is 0 Å². The van der Waals surface area contributed by atoms with Crippen molar-refractivity contribution in [2.45, 2.75) is 19.0 Å². The smallest absolute Gasteiger partial charge is 0.290 e. The molecular formula is C7H9BrN2O. The molecule has 0 unspecified atom stereocenters. The topological polar surface area (TPSA) is 24.7 Å². The van der Waals surface area contributed by atoms with Crippen molar-refractivity contribution >= 4 is 21.8 Å². The van der Waals surface area contributed by atoms with Gasteiger partial charge in [-0.3, -0.25) is 14.5 Å². The molecule has 0 aromatic heterocycles. The number of carbonyl (C=O) groups excluding carboxylic acids is 1. The van der Waals surface area contributed by atoms with Crippen molar-refractivity contribution in [2.75, 3.05) is 11.9 Å². The van der Waals surface area contributed by atoms with Crippen LogP contribution < -0.4 is 0 Å². The summed E-state index contributed by atoms with van der Waals surface area (Å²) in [7, 11) is 0. The van der Waals surface area contributed by atoms with Gasteiger partial charge in [0.1, 0.15) is 0 Å². The fraction of sp³-hybridized carbons (Fsp3) is 0.714. The molecule has 11 heavy (non-hydrogen) atoms. The van der Waals surface area contributed by atoms with Crippen LogP contribution in [0.4, 0.5) is 0 Å². The van der Waals surface area contributed by atoms with Crippen LogP contribution in [0.3, 0.4) is 0 Å². The third-order valence-corrected chi connectivity index (χ3v) is 2.28. The van der Waals surface area contributed by atoms with Gasteiger partial charge in [-0.1, -0.05) is 15.9 Å².